The lowest BCUT2D eigenvalue weighted by atomic mass is 9.89. The lowest BCUT2D eigenvalue weighted by Gasteiger charge is -2.31. The van der Waals surface area contributed by atoms with Gasteiger partial charge in [-0.25, -0.2) is 4.79 Å². The molecule has 2 rings (SSSR count). The zero-order chi connectivity index (χ0) is 17.2. The van der Waals surface area contributed by atoms with Crippen LogP contribution in [0, 0.1) is 0 Å². The lowest BCUT2D eigenvalue weighted by molar-refractivity contribution is -0.147. The smallest absolute Gasteiger partial charge is 0.424 e. The third kappa shape index (κ3) is 4.19. The second kappa shape index (κ2) is 6.83. The van der Waals surface area contributed by atoms with Crippen LogP contribution >= 0.6 is 15.9 Å². The summed E-state index contributed by atoms with van der Waals surface area (Å²) in [7, 11) is 0. The Morgan fingerprint density at radius 3 is 2.39 bits per heavy atom. The van der Waals surface area contributed by atoms with Crippen LogP contribution in [0.2, 0.25) is 0 Å². The van der Waals surface area contributed by atoms with Gasteiger partial charge in [0.1, 0.15) is 5.60 Å². The van der Waals surface area contributed by atoms with Crippen LogP contribution in [0.15, 0.2) is 24.3 Å². The summed E-state index contributed by atoms with van der Waals surface area (Å²) in [6.07, 6.45) is -0.338. The normalized spacial score (nSPS) is 19.0. The van der Waals surface area contributed by atoms with Crippen LogP contribution in [0.25, 0.3) is 0 Å². The van der Waals surface area contributed by atoms with Crippen LogP contribution in [0.5, 0.6) is 0 Å². The van der Waals surface area contributed by atoms with Crippen molar-refractivity contribution in [3.63, 3.8) is 0 Å². The summed E-state index contributed by atoms with van der Waals surface area (Å²) in [5.41, 5.74) is 1.14. The molecule has 1 aliphatic rings. The van der Waals surface area contributed by atoms with Gasteiger partial charge in [-0.05, 0) is 38.3 Å². The zero-order valence-corrected chi connectivity index (χ0v) is 15.1. The van der Waals surface area contributed by atoms with E-state index in [9.17, 15) is 14.4 Å². The Hall–Kier alpha value is -1.69. The van der Waals surface area contributed by atoms with Crippen molar-refractivity contribution in [1.82, 2.24) is 4.90 Å². The number of benzene rings is 1. The van der Waals surface area contributed by atoms with E-state index in [1.165, 1.54) is 0 Å². The summed E-state index contributed by atoms with van der Waals surface area (Å²) in [5, 5.41) is 0.731. The van der Waals surface area contributed by atoms with Crippen LogP contribution in [0.1, 0.15) is 50.7 Å². The molecule has 0 bridgehead atoms. The first-order valence-electron chi connectivity index (χ1n) is 7.47. The number of halogens is 1. The van der Waals surface area contributed by atoms with Crippen molar-refractivity contribution in [2.45, 2.75) is 50.5 Å². The molecule has 0 aliphatic carbocycles. The summed E-state index contributed by atoms with van der Waals surface area (Å²) in [5.74, 6) is -1.51. The highest BCUT2D eigenvalue weighted by atomic mass is 79.9. The van der Waals surface area contributed by atoms with Crippen molar-refractivity contribution >= 4 is 33.8 Å². The molecule has 1 atom stereocenters. The van der Waals surface area contributed by atoms with Crippen LogP contribution in [0.4, 0.5) is 4.79 Å². The molecule has 1 fully saturated rings. The molecule has 5 nitrogen and oxygen atoms in total. The van der Waals surface area contributed by atoms with E-state index < -0.39 is 29.4 Å². The van der Waals surface area contributed by atoms with E-state index in [4.69, 9.17) is 4.74 Å². The van der Waals surface area contributed by atoms with Crippen molar-refractivity contribution in [3.8, 4) is 0 Å². The van der Waals surface area contributed by atoms with Gasteiger partial charge in [0.2, 0.25) is 11.8 Å². The second-order valence-electron chi connectivity index (χ2n) is 6.51. The number of nitrogens with zero attached hydrogens (tertiary/aromatic N) is 1. The largest absolute Gasteiger partial charge is 0.443 e. The maximum Gasteiger partial charge on any atom is 0.424 e. The number of ether oxygens (including phenoxy) is 1. The molecule has 1 unspecified atom stereocenters. The highest BCUT2D eigenvalue weighted by molar-refractivity contribution is 9.08. The van der Waals surface area contributed by atoms with Gasteiger partial charge < -0.3 is 4.74 Å². The van der Waals surface area contributed by atoms with Gasteiger partial charge in [-0.3, -0.25) is 9.59 Å². The minimum absolute atomic E-state index is 0.149. The van der Waals surface area contributed by atoms with Gasteiger partial charge in [-0.15, -0.1) is 0 Å². The van der Waals surface area contributed by atoms with Gasteiger partial charge in [-0.1, -0.05) is 40.2 Å². The molecular formula is C17H20BrNO4. The minimum Gasteiger partial charge on any atom is -0.443 e. The fourth-order valence-corrected chi connectivity index (χ4v) is 2.80. The predicted molar refractivity (Wildman–Crippen MR) is 89.1 cm³/mol. The van der Waals surface area contributed by atoms with Crippen molar-refractivity contribution in [1.29, 1.82) is 0 Å². The number of carbonyl (C=O) groups excluding carboxylic acids is 3. The SMILES string of the molecule is CC(C)(C)OC(=O)N1C(=O)CCC(c2ccc(CBr)cc2)C1=O. The summed E-state index contributed by atoms with van der Waals surface area (Å²) in [6, 6.07) is 7.57. The molecule has 3 amide bonds. The molecule has 0 radical (unpaired) electrons. The Labute approximate surface area is 144 Å². The van der Waals surface area contributed by atoms with Crippen LogP contribution in [-0.4, -0.2) is 28.4 Å². The lowest BCUT2D eigenvalue weighted by Crippen LogP contribution is -2.49. The molecular weight excluding hydrogens is 362 g/mol. The Morgan fingerprint density at radius 2 is 1.87 bits per heavy atom. The number of hydrogen-bond acceptors (Lipinski definition) is 4. The van der Waals surface area contributed by atoms with Crippen molar-refractivity contribution in [3.05, 3.63) is 35.4 Å². The third-order valence-corrected chi connectivity index (χ3v) is 4.17. The molecule has 1 aromatic rings. The van der Waals surface area contributed by atoms with E-state index in [0.29, 0.717) is 11.3 Å². The number of imide groups is 3. The average Bonchev–Trinajstić information content (AvgIpc) is 2.46. The maximum absolute atomic E-state index is 12.6. The number of piperidine rings is 1. The molecule has 1 saturated heterocycles. The van der Waals surface area contributed by atoms with Gasteiger partial charge in [-0.2, -0.15) is 4.90 Å². The summed E-state index contributed by atoms with van der Waals surface area (Å²) in [4.78, 5) is 37.4. The minimum atomic E-state index is -0.894. The van der Waals surface area contributed by atoms with Crippen molar-refractivity contribution < 1.29 is 19.1 Å². The molecule has 0 saturated carbocycles. The first-order chi connectivity index (χ1) is 10.7. The third-order valence-electron chi connectivity index (χ3n) is 3.53. The van der Waals surface area contributed by atoms with Crippen LogP contribution in [0.3, 0.4) is 0 Å². The van der Waals surface area contributed by atoms with Crippen LogP contribution < -0.4 is 0 Å². The van der Waals surface area contributed by atoms with E-state index in [2.05, 4.69) is 15.9 Å². The average molecular weight is 382 g/mol. The fourth-order valence-electron chi connectivity index (χ4n) is 2.43. The predicted octanol–water partition coefficient (Wildman–Crippen LogP) is 3.75. The zero-order valence-electron chi connectivity index (χ0n) is 13.5. The van der Waals surface area contributed by atoms with E-state index in [1.807, 2.05) is 24.3 Å². The highest BCUT2D eigenvalue weighted by Gasteiger charge is 2.41. The van der Waals surface area contributed by atoms with E-state index >= 15 is 0 Å². The molecule has 124 valence electrons. The van der Waals surface area contributed by atoms with E-state index in [1.54, 1.807) is 20.8 Å². The molecule has 0 spiro atoms. The molecule has 0 N–H and O–H groups in total. The monoisotopic (exact) mass is 381 g/mol. The maximum atomic E-state index is 12.6. The second-order valence-corrected chi connectivity index (χ2v) is 7.07. The van der Waals surface area contributed by atoms with Crippen molar-refractivity contribution in [2.24, 2.45) is 0 Å². The molecule has 0 aromatic heterocycles. The summed E-state index contributed by atoms with van der Waals surface area (Å²) < 4.78 is 5.18. The summed E-state index contributed by atoms with van der Waals surface area (Å²) in [6.45, 7) is 5.08. The molecule has 6 heteroatoms. The first kappa shape index (κ1) is 17.7. The van der Waals surface area contributed by atoms with Gasteiger partial charge in [0.25, 0.3) is 0 Å². The number of hydrogen-bond donors (Lipinski definition) is 0. The standard InChI is InChI=1S/C17H20BrNO4/c1-17(2,3)23-16(22)19-14(20)9-8-13(15(19)21)12-6-4-11(10-18)5-7-12/h4-7,13H,8-10H2,1-3H3. The Morgan fingerprint density at radius 1 is 1.26 bits per heavy atom. The number of rotatable bonds is 2. The summed E-state index contributed by atoms with van der Waals surface area (Å²) >= 11 is 3.37. The molecule has 1 heterocycles. The fraction of sp³-hybridized carbons (Fsp3) is 0.471. The van der Waals surface area contributed by atoms with Gasteiger partial charge >= 0.3 is 6.09 Å². The van der Waals surface area contributed by atoms with Gasteiger partial charge in [0.15, 0.2) is 0 Å². The number of alkyl halides is 1. The van der Waals surface area contributed by atoms with E-state index in [-0.39, 0.29) is 6.42 Å². The number of likely N-dealkylation sites (tertiary alicyclic amines) is 1. The number of amides is 3. The van der Waals surface area contributed by atoms with Crippen LogP contribution in [-0.2, 0) is 19.7 Å². The Balaban J connectivity index is 2.22. The number of carbonyl (C=O) groups is 3. The first-order valence-corrected chi connectivity index (χ1v) is 8.59. The van der Waals surface area contributed by atoms with Crippen molar-refractivity contribution in [2.75, 3.05) is 0 Å². The highest BCUT2D eigenvalue weighted by Crippen LogP contribution is 2.30. The Bertz CT molecular complexity index is 618. The van der Waals surface area contributed by atoms with Gasteiger partial charge in [0.05, 0.1) is 5.92 Å². The Kier molecular flexibility index (Phi) is 5.24. The quantitative estimate of drug-likeness (QED) is 0.577. The molecule has 1 aliphatic heterocycles. The van der Waals surface area contributed by atoms with Gasteiger partial charge in [0, 0.05) is 11.8 Å². The molecule has 23 heavy (non-hydrogen) atoms. The topological polar surface area (TPSA) is 63.7 Å². The molecule has 1 aromatic carbocycles. The van der Waals surface area contributed by atoms with E-state index in [0.717, 1.165) is 16.5 Å².